The Bertz CT molecular complexity index is 438. The number of alkyl halides is 2. The van der Waals surface area contributed by atoms with Crippen LogP contribution in [0, 0.1) is 0 Å². The second-order valence-corrected chi connectivity index (χ2v) is 4.66. The largest absolute Gasteiger partial charge is 0.399 e. The number of rotatable bonds is 2. The van der Waals surface area contributed by atoms with Gasteiger partial charge in [-0.1, -0.05) is 12.1 Å². The van der Waals surface area contributed by atoms with E-state index in [2.05, 4.69) is 0 Å². The summed E-state index contributed by atoms with van der Waals surface area (Å²) < 4.78 is 25.9. The molecule has 3 nitrogen and oxygen atoms in total. The summed E-state index contributed by atoms with van der Waals surface area (Å²) in [7, 11) is 0. The third-order valence-corrected chi connectivity index (χ3v) is 3.15. The molecule has 0 aliphatic carbocycles. The highest BCUT2D eigenvalue weighted by atomic mass is 19.3. The van der Waals surface area contributed by atoms with Gasteiger partial charge in [0.15, 0.2) is 0 Å². The van der Waals surface area contributed by atoms with Crippen LogP contribution in [0.25, 0.3) is 0 Å². The lowest BCUT2D eigenvalue weighted by molar-refractivity contribution is -0.136. The number of nitrogens with zero attached hydrogens (tertiary/aromatic N) is 1. The maximum absolute atomic E-state index is 13.0. The van der Waals surface area contributed by atoms with Gasteiger partial charge in [-0.25, -0.2) is 8.78 Å². The highest BCUT2D eigenvalue weighted by Gasteiger charge is 2.35. The van der Waals surface area contributed by atoms with Crippen molar-refractivity contribution in [1.29, 1.82) is 0 Å². The molecule has 98 valence electrons. The molecule has 2 N–H and O–H groups in total. The van der Waals surface area contributed by atoms with Gasteiger partial charge in [0.2, 0.25) is 5.91 Å². The first-order chi connectivity index (χ1) is 8.46. The van der Waals surface area contributed by atoms with E-state index >= 15 is 0 Å². The second-order valence-electron chi connectivity index (χ2n) is 4.66. The summed E-state index contributed by atoms with van der Waals surface area (Å²) in [5.41, 5.74) is 7.04. The zero-order valence-corrected chi connectivity index (χ0v) is 10.0. The van der Waals surface area contributed by atoms with E-state index in [-0.39, 0.29) is 38.3 Å². The van der Waals surface area contributed by atoms with Crippen LogP contribution in [0.3, 0.4) is 0 Å². The smallest absolute Gasteiger partial charge is 0.251 e. The first-order valence-corrected chi connectivity index (χ1v) is 5.96. The minimum Gasteiger partial charge on any atom is -0.399 e. The van der Waals surface area contributed by atoms with Crippen molar-refractivity contribution in [2.45, 2.75) is 25.2 Å². The summed E-state index contributed by atoms with van der Waals surface area (Å²) in [5.74, 6) is -2.73. The molecule has 1 heterocycles. The third kappa shape index (κ3) is 3.18. The van der Waals surface area contributed by atoms with Crippen molar-refractivity contribution in [1.82, 2.24) is 4.90 Å². The molecule has 0 unspecified atom stereocenters. The SMILES string of the molecule is Nc1cccc(CC(=O)N2CCC(F)(F)CC2)c1. The quantitative estimate of drug-likeness (QED) is 0.821. The molecule has 1 amide bonds. The summed E-state index contributed by atoms with van der Waals surface area (Å²) >= 11 is 0. The Labute approximate surface area is 105 Å². The van der Waals surface area contributed by atoms with Crippen LogP contribution in [-0.4, -0.2) is 29.8 Å². The van der Waals surface area contributed by atoms with E-state index < -0.39 is 5.92 Å². The highest BCUT2D eigenvalue weighted by Crippen LogP contribution is 2.27. The van der Waals surface area contributed by atoms with E-state index in [4.69, 9.17) is 5.73 Å². The number of nitrogens with two attached hydrogens (primary N) is 1. The lowest BCUT2D eigenvalue weighted by atomic mass is 10.1. The summed E-state index contributed by atoms with van der Waals surface area (Å²) in [5, 5.41) is 0. The first kappa shape index (κ1) is 12.8. The van der Waals surface area contributed by atoms with Gasteiger partial charge in [-0.15, -0.1) is 0 Å². The Hall–Kier alpha value is -1.65. The summed E-state index contributed by atoms with van der Waals surface area (Å²) in [4.78, 5) is 13.4. The Morgan fingerprint density at radius 3 is 2.61 bits per heavy atom. The van der Waals surface area contributed by atoms with Crippen molar-refractivity contribution < 1.29 is 13.6 Å². The number of carbonyl (C=O) groups is 1. The number of carbonyl (C=O) groups excluding carboxylic acids is 1. The molecule has 0 atom stereocenters. The summed E-state index contributed by atoms with van der Waals surface area (Å²) in [6, 6.07) is 7.07. The van der Waals surface area contributed by atoms with Gasteiger partial charge in [-0.3, -0.25) is 4.79 Å². The average molecular weight is 254 g/mol. The van der Waals surface area contributed by atoms with Gasteiger partial charge in [-0.2, -0.15) is 0 Å². The van der Waals surface area contributed by atoms with Gasteiger partial charge < -0.3 is 10.6 Å². The fraction of sp³-hybridized carbons (Fsp3) is 0.462. The summed E-state index contributed by atoms with van der Waals surface area (Å²) in [6.07, 6.45) is -0.262. The van der Waals surface area contributed by atoms with Crippen molar-refractivity contribution in [2.75, 3.05) is 18.8 Å². The minimum atomic E-state index is -2.62. The molecule has 1 aromatic rings. The predicted molar refractivity (Wildman–Crippen MR) is 65.3 cm³/mol. The number of piperidine rings is 1. The van der Waals surface area contributed by atoms with Crippen LogP contribution in [0.5, 0.6) is 0 Å². The molecule has 1 aromatic carbocycles. The molecule has 2 rings (SSSR count). The standard InChI is InChI=1S/C13H16F2N2O/c14-13(15)4-6-17(7-5-13)12(18)9-10-2-1-3-11(16)8-10/h1-3,8H,4-7,9,16H2. The fourth-order valence-electron chi connectivity index (χ4n) is 2.07. The van der Waals surface area contributed by atoms with Crippen LogP contribution in [0.4, 0.5) is 14.5 Å². The molecule has 1 aliphatic heterocycles. The molecule has 18 heavy (non-hydrogen) atoms. The van der Waals surface area contributed by atoms with E-state index in [1.54, 1.807) is 18.2 Å². The zero-order chi connectivity index (χ0) is 13.2. The van der Waals surface area contributed by atoms with E-state index in [1.165, 1.54) is 4.90 Å². The molecule has 0 radical (unpaired) electrons. The van der Waals surface area contributed by atoms with E-state index in [9.17, 15) is 13.6 Å². The molecule has 5 heteroatoms. The maximum atomic E-state index is 13.0. The molecule has 1 saturated heterocycles. The molecule has 0 saturated carbocycles. The molecular weight excluding hydrogens is 238 g/mol. The zero-order valence-electron chi connectivity index (χ0n) is 10.0. The molecule has 0 spiro atoms. The van der Waals surface area contributed by atoms with E-state index in [1.807, 2.05) is 6.07 Å². The Kier molecular flexibility index (Phi) is 3.50. The third-order valence-electron chi connectivity index (χ3n) is 3.15. The van der Waals surface area contributed by atoms with E-state index in [0.717, 1.165) is 5.56 Å². The van der Waals surface area contributed by atoms with Crippen LogP contribution in [0.15, 0.2) is 24.3 Å². The molecule has 1 fully saturated rings. The number of likely N-dealkylation sites (tertiary alicyclic amines) is 1. The van der Waals surface area contributed by atoms with Gasteiger partial charge in [0.1, 0.15) is 0 Å². The summed E-state index contributed by atoms with van der Waals surface area (Å²) in [6.45, 7) is 0.266. The Morgan fingerprint density at radius 1 is 1.33 bits per heavy atom. The molecule has 0 aromatic heterocycles. The number of hydrogen-bond acceptors (Lipinski definition) is 2. The topological polar surface area (TPSA) is 46.3 Å². The maximum Gasteiger partial charge on any atom is 0.251 e. The number of hydrogen-bond donors (Lipinski definition) is 1. The number of amides is 1. The highest BCUT2D eigenvalue weighted by molar-refractivity contribution is 5.79. The predicted octanol–water partition coefficient (Wildman–Crippen LogP) is 2.07. The van der Waals surface area contributed by atoms with Crippen molar-refractivity contribution in [3.8, 4) is 0 Å². The normalized spacial score (nSPS) is 18.7. The Morgan fingerprint density at radius 2 is 2.00 bits per heavy atom. The monoisotopic (exact) mass is 254 g/mol. The fourth-order valence-corrected chi connectivity index (χ4v) is 2.07. The van der Waals surface area contributed by atoms with Gasteiger partial charge in [0, 0.05) is 31.6 Å². The van der Waals surface area contributed by atoms with Crippen LogP contribution in [0.1, 0.15) is 18.4 Å². The van der Waals surface area contributed by atoms with Crippen LogP contribution in [-0.2, 0) is 11.2 Å². The van der Waals surface area contributed by atoms with Crippen molar-refractivity contribution in [3.63, 3.8) is 0 Å². The first-order valence-electron chi connectivity index (χ1n) is 5.96. The van der Waals surface area contributed by atoms with Gasteiger partial charge in [-0.05, 0) is 17.7 Å². The Balaban J connectivity index is 1.93. The molecule has 0 bridgehead atoms. The van der Waals surface area contributed by atoms with E-state index in [0.29, 0.717) is 5.69 Å². The van der Waals surface area contributed by atoms with Gasteiger partial charge in [0.25, 0.3) is 5.92 Å². The van der Waals surface area contributed by atoms with Crippen molar-refractivity contribution in [2.24, 2.45) is 0 Å². The number of halogens is 2. The minimum absolute atomic E-state index is 0.115. The van der Waals surface area contributed by atoms with Crippen molar-refractivity contribution >= 4 is 11.6 Å². The van der Waals surface area contributed by atoms with Crippen LogP contribution >= 0.6 is 0 Å². The van der Waals surface area contributed by atoms with Crippen LogP contribution in [0.2, 0.25) is 0 Å². The van der Waals surface area contributed by atoms with Gasteiger partial charge >= 0.3 is 0 Å². The molecular formula is C13H16F2N2O. The van der Waals surface area contributed by atoms with Gasteiger partial charge in [0.05, 0.1) is 6.42 Å². The second kappa shape index (κ2) is 4.92. The van der Waals surface area contributed by atoms with Crippen LogP contribution < -0.4 is 5.73 Å². The average Bonchev–Trinajstić information content (AvgIpc) is 2.28. The number of nitrogen functional groups attached to an aromatic ring is 1. The lowest BCUT2D eigenvalue weighted by Gasteiger charge is -2.31. The number of anilines is 1. The number of benzene rings is 1. The molecule has 1 aliphatic rings. The van der Waals surface area contributed by atoms with Crippen molar-refractivity contribution in [3.05, 3.63) is 29.8 Å². The lowest BCUT2D eigenvalue weighted by Crippen LogP contribution is -2.43.